The lowest BCUT2D eigenvalue weighted by Gasteiger charge is -2.05. The van der Waals surface area contributed by atoms with Crippen molar-refractivity contribution in [2.24, 2.45) is 5.73 Å². The molecule has 0 radical (unpaired) electrons. The minimum absolute atomic E-state index is 0.333. The van der Waals surface area contributed by atoms with E-state index >= 15 is 0 Å². The van der Waals surface area contributed by atoms with Crippen LogP contribution in [-0.2, 0) is 12.8 Å². The van der Waals surface area contributed by atoms with Crippen LogP contribution in [0.5, 0.6) is 0 Å². The van der Waals surface area contributed by atoms with Gasteiger partial charge in [0.1, 0.15) is 0 Å². The Morgan fingerprint density at radius 1 is 1.54 bits per heavy atom. The molecule has 13 heavy (non-hydrogen) atoms. The Bertz CT molecular complexity index is 274. The zero-order chi connectivity index (χ0) is 9.26. The van der Waals surface area contributed by atoms with Gasteiger partial charge in [-0.2, -0.15) is 0 Å². The normalized spacial score (nSPS) is 17.4. The molecular formula is C10H15NOS. The molecule has 0 bridgehead atoms. The van der Waals surface area contributed by atoms with E-state index in [-0.39, 0.29) is 6.10 Å². The Balaban J connectivity index is 2.13. The van der Waals surface area contributed by atoms with Crippen molar-refractivity contribution in [3.63, 3.8) is 0 Å². The van der Waals surface area contributed by atoms with Gasteiger partial charge in [-0.25, -0.2) is 0 Å². The summed E-state index contributed by atoms with van der Waals surface area (Å²) in [6, 6.07) is 2.16. The van der Waals surface area contributed by atoms with Crippen molar-refractivity contribution in [1.29, 1.82) is 0 Å². The third kappa shape index (κ3) is 1.77. The molecule has 1 aromatic rings. The molecule has 0 aliphatic heterocycles. The highest BCUT2D eigenvalue weighted by molar-refractivity contribution is 7.12. The van der Waals surface area contributed by atoms with E-state index in [1.54, 1.807) is 11.3 Å². The Hall–Kier alpha value is -0.380. The molecule has 3 heteroatoms. The number of hydrogen-bond acceptors (Lipinski definition) is 3. The molecule has 1 atom stereocenters. The van der Waals surface area contributed by atoms with Gasteiger partial charge in [0, 0.05) is 9.75 Å². The zero-order valence-electron chi connectivity index (χ0n) is 7.62. The smallest absolute Gasteiger partial charge is 0.0894 e. The van der Waals surface area contributed by atoms with Crippen LogP contribution < -0.4 is 5.73 Å². The first kappa shape index (κ1) is 9.19. The van der Waals surface area contributed by atoms with Gasteiger partial charge in [-0.3, -0.25) is 0 Å². The lowest BCUT2D eigenvalue weighted by atomic mass is 10.2. The largest absolute Gasteiger partial charge is 0.388 e. The number of fused-ring (bicyclic) bond motifs is 1. The van der Waals surface area contributed by atoms with Crippen molar-refractivity contribution >= 4 is 11.3 Å². The molecule has 1 aliphatic carbocycles. The molecule has 3 N–H and O–H groups in total. The number of aliphatic hydroxyl groups excluding tert-OH is 1. The highest BCUT2D eigenvalue weighted by Crippen LogP contribution is 2.34. The van der Waals surface area contributed by atoms with E-state index in [0.29, 0.717) is 13.0 Å². The Morgan fingerprint density at radius 2 is 2.38 bits per heavy atom. The van der Waals surface area contributed by atoms with Gasteiger partial charge in [0.25, 0.3) is 0 Å². The summed E-state index contributed by atoms with van der Waals surface area (Å²) in [4.78, 5) is 2.58. The molecule has 1 heterocycles. The Morgan fingerprint density at radius 3 is 3.08 bits per heavy atom. The second kappa shape index (κ2) is 3.78. The quantitative estimate of drug-likeness (QED) is 0.773. The average Bonchev–Trinajstić information content (AvgIpc) is 2.61. The second-order valence-corrected chi connectivity index (χ2v) is 4.71. The summed E-state index contributed by atoms with van der Waals surface area (Å²) in [5, 5.41) is 9.71. The van der Waals surface area contributed by atoms with E-state index in [4.69, 9.17) is 5.73 Å². The van der Waals surface area contributed by atoms with Crippen LogP contribution >= 0.6 is 11.3 Å². The summed E-state index contributed by atoms with van der Waals surface area (Å²) in [6.45, 7) is 0.559. The van der Waals surface area contributed by atoms with Gasteiger partial charge in [0.2, 0.25) is 0 Å². The number of hydrogen-bond donors (Lipinski definition) is 2. The van der Waals surface area contributed by atoms with Gasteiger partial charge in [-0.05, 0) is 43.9 Å². The summed E-state index contributed by atoms with van der Waals surface area (Å²) in [6.07, 6.45) is 4.03. The molecular weight excluding hydrogens is 182 g/mol. The molecule has 0 aromatic carbocycles. The van der Waals surface area contributed by atoms with Gasteiger partial charge in [0.15, 0.2) is 0 Å². The predicted molar refractivity (Wildman–Crippen MR) is 55.0 cm³/mol. The van der Waals surface area contributed by atoms with Crippen LogP contribution in [0.25, 0.3) is 0 Å². The summed E-state index contributed by atoms with van der Waals surface area (Å²) in [7, 11) is 0. The lowest BCUT2D eigenvalue weighted by molar-refractivity contribution is 0.174. The van der Waals surface area contributed by atoms with E-state index < -0.39 is 0 Å². The summed E-state index contributed by atoms with van der Waals surface area (Å²) >= 11 is 1.76. The molecule has 1 aliphatic rings. The number of thiophene rings is 1. The van der Waals surface area contributed by atoms with E-state index in [0.717, 1.165) is 4.88 Å². The number of rotatable bonds is 3. The van der Waals surface area contributed by atoms with Crippen molar-refractivity contribution in [2.75, 3.05) is 6.54 Å². The molecule has 1 aromatic heterocycles. The van der Waals surface area contributed by atoms with E-state index in [9.17, 15) is 5.11 Å². The number of aliphatic hydroxyl groups is 1. The first-order chi connectivity index (χ1) is 6.31. The van der Waals surface area contributed by atoms with Crippen LogP contribution in [0.2, 0.25) is 0 Å². The maximum Gasteiger partial charge on any atom is 0.0894 e. The van der Waals surface area contributed by atoms with Crippen LogP contribution in [0, 0.1) is 0 Å². The Labute approximate surface area is 82.4 Å². The first-order valence-corrected chi connectivity index (χ1v) is 5.62. The SMILES string of the molecule is NCC[C@@H](O)c1cc2c(s1)CCC2. The fraction of sp³-hybridized carbons (Fsp3) is 0.600. The van der Waals surface area contributed by atoms with Gasteiger partial charge < -0.3 is 10.8 Å². The van der Waals surface area contributed by atoms with Crippen LogP contribution in [-0.4, -0.2) is 11.7 Å². The van der Waals surface area contributed by atoms with Crippen molar-refractivity contribution in [3.8, 4) is 0 Å². The molecule has 2 nitrogen and oxygen atoms in total. The van der Waals surface area contributed by atoms with Gasteiger partial charge in [-0.15, -0.1) is 11.3 Å². The van der Waals surface area contributed by atoms with Crippen molar-refractivity contribution < 1.29 is 5.11 Å². The van der Waals surface area contributed by atoms with Gasteiger partial charge in [0.05, 0.1) is 6.10 Å². The van der Waals surface area contributed by atoms with E-state index in [1.807, 2.05) is 0 Å². The van der Waals surface area contributed by atoms with Crippen LogP contribution in [0.3, 0.4) is 0 Å². The average molecular weight is 197 g/mol. The maximum absolute atomic E-state index is 9.71. The number of aryl methyl sites for hydroxylation is 2. The minimum atomic E-state index is -0.333. The summed E-state index contributed by atoms with van der Waals surface area (Å²) in [5.41, 5.74) is 6.86. The topological polar surface area (TPSA) is 46.2 Å². The molecule has 0 saturated heterocycles. The molecule has 2 rings (SSSR count). The molecule has 0 fully saturated rings. The molecule has 0 amide bonds. The maximum atomic E-state index is 9.71. The second-order valence-electron chi connectivity index (χ2n) is 3.54. The third-order valence-corrected chi connectivity index (χ3v) is 3.87. The van der Waals surface area contributed by atoms with Crippen LogP contribution in [0.1, 0.15) is 34.3 Å². The highest BCUT2D eigenvalue weighted by atomic mass is 32.1. The molecule has 0 spiro atoms. The van der Waals surface area contributed by atoms with E-state index in [2.05, 4.69) is 6.07 Å². The third-order valence-electron chi connectivity index (χ3n) is 2.53. The lowest BCUT2D eigenvalue weighted by Crippen LogP contribution is -2.05. The minimum Gasteiger partial charge on any atom is -0.388 e. The fourth-order valence-electron chi connectivity index (χ4n) is 1.82. The standard InChI is InChI=1S/C10H15NOS/c11-5-4-8(12)10-6-7-2-1-3-9(7)13-10/h6,8,12H,1-5,11H2/t8-/m1/s1. The molecule has 72 valence electrons. The van der Waals surface area contributed by atoms with Crippen molar-refractivity contribution in [3.05, 3.63) is 21.4 Å². The van der Waals surface area contributed by atoms with E-state index in [1.165, 1.54) is 29.7 Å². The highest BCUT2D eigenvalue weighted by Gasteiger charge is 2.17. The van der Waals surface area contributed by atoms with Crippen molar-refractivity contribution in [2.45, 2.75) is 31.8 Å². The summed E-state index contributed by atoms with van der Waals surface area (Å²) in [5.74, 6) is 0. The predicted octanol–water partition coefficient (Wildman–Crippen LogP) is 1.62. The van der Waals surface area contributed by atoms with Crippen molar-refractivity contribution in [1.82, 2.24) is 0 Å². The first-order valence-electron chi connectivity index (χ1n) is 4.81. The molecule has 0 unspecified atom stereocenters. The Kier molecular flexibility index (Phi) is 2.67. The number of nitrogens with two attached hydrogens (primary N) is 1. The van der Waals surface area contributed by atoms with Crippen LogP contribution in [0.15, 0.2) is 6.07 Å². The van der Waals surface area contributed by atoms with Crippen LogP contribution in [0.4, 0.5) is 0 Å². The fourth-order valence-corrected chi connectivity index (χ4v) is 3.09. The van der Waals surface area contributed by atoms with Gasteiger partial charge >= 0.3 is 0 Å². The monoisotopic (exact) mass is 197 g/mol. The summed E-state index contributed by atoms with van der Waals surface area (Å²) < 4.78 is 0. The molecule has 0 saturated carbocycles. The zero-order valence-corrected chi connectivity index (χ0v) is 8.44. The van der Waals surface area contributed by atoms with Gasteiger partial charge in [-0.1, -0.05) is 0 Å².